The molecular formula is C11H9ClF3N3. The van der Waals surface area contributed by atoms with E-state index in [-0.39, 0.29) is 17.3 Å². The van der Waals surface area contributed by atoms with Gasteiger partial charge >= 0.3 is 6.18 Å². The summed E-state index contributed by atoms with van der Waals surface area (Å²) < 4.78 is 39.3. The minimum atomic E-state index is -4.41. The third-order valence-corrected chi connectivity index (χ3v) is 2.75. The van der Waals surface area contributed by atoms with Gasteiger partial charge in [-0.25, -0.2) is 4.98 Å². The molecule has 1 aromatic carbocycles. The molecule has 0 bridgehead atoms. The summed E-state index contributed by atoms with van der Waals surface area (Å²) in [6.07, 6.45) is -1.44. The van der Waals surface area contributed by atoms with Crippen LogP contribution < -0.4 is 5.73 Å². The lowest BCUT2D eigenvalue weighted by Gasteiger charge is -2.12. The molecule has 0 saturated carbocycles. The van der Waals surface area contributed by atoms with Crippen LogP contribution in [0.2, 0.25) is 5.02 Å². The lowest BCUT2D eigenvalue weighted by Crippen LogP contribution is -2.09. The zero-order valence-electron chi connectivity index (χ0n) is 9.08. The van der Waals surface area contributed by atoms with Crippen molar-refractivity contribution in [3.63, 3.8) is 0 Å². The van der Waals surface area contributed by atoms with Crippen molar-refractivity contribution in [1.82, 2.24) is 9.55 Å². The Hall–Kier alpha value is -1.53. The molecule has 0 amide bonds. The second-order valence-corrected chi connectivity index (χ2v) is 3.99. The molecule has 1 heterocycles. The van der Waals surface area contributed by atoms with E-state index in [0.29, 0.717) is 5.82 Å². The summed E-state index contributed by atoms with van der Waals surface area (Å²) in [5, 5.41) is 0.204. The first-order valence-corrected chi connectivity index (χ1v) is 5.40. The highest BCUT2D eigenvalue weighted by Crippen LogP contribution is 2.33. The molecule has 18 heavy (non-hydrogen) atoms. The maximum atomic E-state index is 12.6. The molecule has 2 aromatic rings. The normalized spacial score (nSPS) is 11.8. The molecule has 2 N–H and O–H groups in total. The minimum Gasteiger partial charge on any atom is -0.324 e. The topological polar surface area (TPSA) is 43.8 Å². The van der Waals surface area contributed by atoms with E-state index in [0.717, 1.165) is 12.1 Å². The highest BCUT2D eigenvalue weighted by molar-refractivity contribution is 6.32. The summed E-state index contributed by atoms with van der Waals surface area (Å²) in [5.74, 6) is 0.441. The quantitative estimate of drug-likeness (QED) is 0.916. The van der Waals surface area contributed by atoms with Crippen molar-refractivity contribution in [3.8, 4) is 5.69 Å². The molecule has 0 aliphatic carbocycles. The van der Waals surface area contributed by atoms with Gasteiger partial charge in [-0.1, -0.05) is 11.6 Å². The lowest BCUT2D eigenvalue weighted by molar-refractivity contribution is -0.137. The van der Waals surface area contributed by atoms with Gasteiger partial charge in [0.25, 0.3) is 0 Å². The van der Waals surface area contributed by atoms with E-state index in [4.69, 9.17) is 17.3 Å². The fraction of sp³-hybridized carbons (Fsp3) is 0.182. The highest BCUT2D eigenvalue weighted by atomic mass is 35.5. The van der Waals surface area contributed by atoms with E-state index in [9.17, 15) is 13.2 Å². The Morgan fingerprint density at radius 1 is 1.33 bits per heavy atom. The third kappa shape index (κ3) is 2.34. The third-order valence-electron chi connectivity index (χ3n) is 2.43. The van der Waals surface area contributed by atoms with Gasteiger partial charge in [-0.05, 0) is 18.2 Å². The van der Waals surface area contributed by atoms with Crippen molar-refractivity contribution < 1.29 is 13.2 Å². The number of halogens is 4. The monoisotopic (exact) mass is 275 g/mol. The molecule has 0 fully saturated rings. The summed E-state index contributed by atoms with van der Waals surface area (Å²) in [7, 11) is 0. The second-order valence-electron chi connectivity index (χ2n) is 3.58. The summed E-state index contributed by atoms with van der Waals surface area (Å²) in [6, 6.07) is 3.12. The van der Waals surface area contributed by atoms with Gasteiger partial charge < -0.3 is 10.3 Å². The van der Waals surface area contributed by atoms with Crippen LogP contribution in [0.4, 0.5) is 13.2 Å². The van der Waals surface area contributed by atoms with Gasteiger partial charge in [0.1, 0.15) is 5.82 Å². The molecular weight excluding hydrogens is 267 g/mol. The minimum absolute atomic E-state index is 0.111. The first-order chi connectivity index (χ1) is 8.43. The van der Waals surface area contributed by atoms with Crippen molar-refractivity contribution >= 4 is 11.6 Å². The Bertz CT molecular complexity index is 563. The number of nitrogens with two attached hydrogens (primary N) is 1. The van der Waals surface area contributed by atoms with E-state index in [1.54, 1.807) is 0 Å². The SMILES string of the molecule is NCc1nccn1-c1cc(C(F)(F)F)ccc1Cl. The first-order valence-electron chi connectivity index (χ1n) is 5.03. The van der Waals surface area contributed by atoms with Crippen LogP contribution in [-0.2, 0) is 12.7 Å². The van der Waals surface area contributed by atoms with Crippen molar-refractivity contribution in [3.05, 3.63) is 47.0 Å². The maximum absolute atomic E-state index is 12.6. The summed E-state index contributed by atoms with van der Waals surface area (Å²) in [5.41, 5.74) is 4.90. The first kappa shape index (κ1) is 12.9. The average molecular weight is 276 g/mol. The largest absolute Gasteiger partial charge is 0.416 e. The molecule has 0 unspecified atom stereocenters. The Morgan fingerprint density at radius 2 is 2.06 bits per heavy atom. The van der Waals surface area contributed by atoms with E-state index in [1.807, 2.05) is 0 Å². The molecule has 96 valence electrons. The van der Waals surface area contributed by atoms with Gasteiger partial charge in [0.2, 0.25) is 0 Å². The number of aromatic nitrogens is 2. The van der Waals surface area contributed by atoms with E-state index >= 15 is 0 Å². The molecule has 0 radical (unpaired) electrons. The molecule has 0 saturated heterocycles. The fourth-order valence-electron chi connectivity index (χ4n) is 1.58. The number of imidazole rings is 1. The van der Waals surface area contributed by atoms with Crippen LogP contribution in [0.25, 0.3) is 5.69 Å². The Balaban J connectivity index is 2.57. The molecule has 0 atom stereocenters. The molecule has 1 aromatic heterocycles. The number of alkyl halides is 3. The second kappa shape index (κ2) is 4.62. The van der Waals surface area contributed by atoms with Crippen LogP contribution in [-0.4, -0.2) is 9.55 Å². The van der Waals surface area contributed by atoms with Gasteiger partial charge in [0, 0.05) is 12.4 Å². The zero-order valence-corrected chi connectivity index (χ0v) is 9.83. The van der Waals surface area contributed by atoms with Gasteiger partial charge in [-0.15, -0.1) is 0 Å². The van der Waals surface area contributed by atoms with Crippen LogP contribution >= 0.6 is 11.6 Å². The molecule has 0 spiro atoms. The van der Waals surface area contributed by atoms with Crippen molar-refractivity contribution in [1.29, 1.82) is 0 Å². The highest BCUT2D eigenvalue weighted by Gasteiger charge is 2.31. The number of nitrogens with zero attached hydrogens (tertiary/aromatic N) is 2. The summed E-state index contributed by atoms with van der Waals surface area (Å²) >= 11 is 5.91. The molecule has 0 aliphatic heterocycles. The van der Waals surface area contributed by atoms with Crippen LogP contribution in [0.3, 0.4) is 0 Å². The molecule has 7 heteroatoms. The zero-order chi connectivity index (χ0) is 13.3. The number of hydrogen-bond donors (Lipinski definition) is 1. The summed E-state index contributed by atoms with van der Waals surface area (Å²) in [4.78, 5) is 3.94. The van der Waals surface area contributed by atoms with Crippen LogP contribution in [0.15, 0.2) is 30.6 Å². The molecule has 3 nitrogen and oxygen atoms in total. The van der Waals surface area contributed by atoms with E-state index in [2.05, 4.69) is 4.98 Å². The maximum Gasteiger partial charge on any atom is 0.416 e. The summed E-state index contributed by atoms with van der Waals surface area (Å²) in [6.45, 7) is 0.111. The van der Waals surface area contributed by atoms with Crippen LogP contribution in [0, 0.1) is 0 Å². The Morgan fingerprint density at radius 3 is 2.67 bits per heavy atom. The lowest BCUT2D eigenvalue weighted by atomic mass is 10.2. The van der Waals surface area contributed by atoms with Crippen molar-refractivity contribution in [2.75, 3.05) is 0 Å². The fourth-order valence-corrected chi connectivity index (χ4v) is 1.79. The Kier molecular flexibility index (Phi) is 3.32. The van der Waals surface area contributed by atoms with E-state index < -0.39 is 11.7 Å². The molecule has 2 rings (SSSR count). The number of benzene rings is 1. The van der Waals surface area contributed by atoms with Crippen LogP contribution in [0.1, 0.15) is 11.4 Å². The standard InChI is InChI=1S/C11H9ClF3N3/c12-8-2-1-7(11(13,14)15)5-9(8)18-4-3-17-10(18)6-16/h1-5H,6,16H2. The number of rotatable bonds is 2. The predicted molar refractivity (Wildman–Crippen MR) is 61.5 cm³/mol. The molecule has 0 aliphatic rings. The smallest absolute Gasteiger partial charge is 0.324 e. The van der Waals surface area contributed by atoms with Gasteiger partial charge in [0.15, 0.2) is 0 Å². The van der Waals surface area contributed by atoms with Crippen molar-refractivity contribution in [2.45, 2.75) is 12.7 Å². The van der Waals surface area contributed by atoms with Gasteiger partial charge in [-0.2, -0.15) is 13.2 Å². The van der Waals surface area contributed by atoms with Gasteiger partial charge in [0.05, 0.1) is 22.8 Å². The Labute approximate surface area is 106 Å². The number of hydrogen-bond acceptors (Lipinski definition) is 2. The predicted octanol–water partition coefficient (Wildman–Crippen LogP) is 3.00. The van der Waals surface area contributed by atoms with Gasteiger partial charge in [-0.3, -0.25) is 0 Å². The van der Waals surface area contributed by atoms with E-state index in [1.165, 1.54) is 23.0 Å². The van der Waals surface area contributed by atoms with Crippen molar-refractivity contribution in [2.24, 2.45) is 5.73 Å². The van der Waals surface area contributed by atoms with Crippen LogP contribution in [0.5, 0.6) is 0 Å². The average Bonchev–Trinajstić information content (AvgIpc) is 2.76.